The van der Waals surface area contributed by atoms with Crippen molar-refractivity contribution in [2.75, 3.05) is 0 Å². The number of ether oxygens (including phenoxy) is 1. The van der Waals surface area contributed by atoms with Crippen LogP contribution >= 0.6 is 0 Å². The van der Waals surface area contributed by atoms with Gasteiger partial charge in [-0.25, -0.2) is 4.39 Å². The number of rotatable bonds is 4. The second-order valence-electron chi connectivity index (χ2n) is 4.80. The van der Waals surface area contributed by atoms with Gasteiger partial charge in [0.25, 0.3) is 0 Å². The summed E-state index contributed by atoms with van der Waals surface area (Å²) in [6, 6.07) is 8.09. The predicted octanol–water partition coefficient (Wildman–Crippen LogP) is 3.85. The molecule has 0 radical (unpaired) electrons. The third-order valence-corrected chi connectivity index (χ3v) is 2.99. The number of hydrogen-bond acceptors (Lipinski definition) is 4. The van der Waals surface area contributed by atoms with Crippen molar-refractivity contribution < 1.29 is 14.1 Å². The molecule has 0 fully saturated rings. The Balaban J connectivity index is 2.46. The standard InChI is InChI=1S/C15H15FN2O3/c1-9-3-5-15(13(7-9)18(19)20)21-14-6-4-11(16)8-12(14)10(2)17/h3-8,10H,17H2,1-2H3/t10-/m1/s1. The summed E-state index contributed by atoms with van der Waals surface area (Å²) in [5, 5.41) is 11.1. The number of hydrogen-bond donors (Lipinski definition) is 1. The normalized spacial score (nSPS) is 12.0. The second kappa shape index (κ2) is 5.88. The molecule has 0 aliphatic heterocycles. The molecule has 0 saturated carbocycles. The molecular formula is C15H15FN2O3. The molecule has 0 spiro atoms. The topological polar surface area (TPSA) is 78.4 Å². The zero-order chi connectivity index (χ0) is 15.6. The molecule has 0 aromatic heterocycles. The smallest absolute Gasteiger partial charge is 0.311 e. The first-order valence-corrected chi connectivity index (χ1v) is 6.36. The minimum absolute atomic E-state index is 0.0964. The Morgan fingerprint density at radius 3 is 2.52 bits per heavy atom. The first kappa shape index (κ1) is 14.9. The van der Waals surface area contributed by atoms with Gasteiger partial charge in [0, 0.05) is 17.7 Å². The van der Waals surface area contributed by atoms with Crippen LogP contribution in [0.3, 0.4) is 0 Å². The Bertz CT molecular complexity index is 687. The number of nitrogens with zero attached hydrogens (tertiary/aromatic N) is 1. The highest BCUT2D eigenvalue weighted by Gasteiger charge is 2.18. The number of benzene rings is 2. The number of nitro benzene ring substituents is 1. The maximum atomic E-state index is 13.3. The van der Waals surface area contributed by atoms with E-state index in [1.54, 1.807) is 19.9 Å². The van der Waals surface area contributed by atoms with Gasteiger partial charge < -0.3 is 10.5 Å². The first-order valence-electron chi connectivity index (χ1n) is 6.36. The van der Waals surface area contributed by atoms with E-state index in [9.17, 15) is 14.5 Å². The van der Waals surface area contributed by atoms with Crippen molar-refractivity contribution in [3.8, 4) is 11.5 Å². The predicted molar refractivity (Wildman–Crippen MR) is 76.9 cm³/mol. The van der Waals surface area contributed by atoms with Gasteiger partial charge in [-0.15, -0.1) is 0 Å². The molecule has 2 aromatic rings. The highest BCUT2D eigenvalue weighted by atomic mass is 19.1. The van der Waals surface area contributed by atoms with E-state index in [-0.39, 0.29) is 11.4 Å². The number of nitro groups is 1. The van der Waals surface area contributed by atoms with E-state index < -0.39 is 16.8 Å². The van der Waals surface area contributed by atoms with Crippen LogP contribution in [0.15, 0.2) is 36.4 Å². The van der Waals surface area contributed by atoms with Crippen LogP contribution in [0.25, 0.3) is 0 Å². The molecule has 2 N–H and O–H groups in total. The fraction of sp³-hybridized carbons (Fsp3) is 0.200. The Morgan fingerprint density at radius 1 is 1.24 bits per heavy atom. The van der Waals surface area contributed by atoms with Crippen molar-refractivity contribution in [1.29, 1.82) is 0 Å². The average Bonchev–Trinajstić information content (AvgIpc) is 2.42. The van der Waals surface area contributed by atoms with Crippen LogP contribution in [0.5, 0.6) is 11.5 Å². The maximum Gasteiger partial charge on any atom is 0.311 e. The molecule has 0 aliphatic rings. The van der Waals surface area contributed by atoms with Crippen LogP contribution < -0.4 is 10.5 Å². The molecule has 110 valence electrons. The Hall–Kier alpha value is -2.47. The van der Waals surface area contributed by atoms with Crippen LogP contribution in [0.1, 0.15) is 24.1 Å². The summed E-state index contributed by atoms with van der Waals surface area (Å²) in [5.74, 6) is -0.0366. The van der Waals surface area contributed by atoms with E-state index >= 15 is 0 Å². The van der Waals surface area contributed by atoms with Gasteiger partial charge in [-0.3, -0.25) is 10.1 Å². The lowest BCUT2D eigenvalue weighted by atomic mass is 10.1. The van der Waals surface area contributed by atoms with E-state index in [0.29, 0.717) is 11.3 Å². The molecule has 2 aromatic carbocycles. The van der Waals surface area contributed by atoms with Gasteiger partial charge in [0.05, 0.1) is 4.92 Å². The lowest BCUT2D eigenvalue weighted by molar-refractivity contribution is -0.385. The third-order valence-electron chi connectivity index (χ3n) is 2.99. The fourth-order valence-electron chi connectivity index (χ4n) is 1.94. The summed E-state index contributed by atoms with van der Waals surface area (Å²) in [4.78, 5) is 10.6. The minimum atomic E-state index is -0.516. The average molecular weight is 290 g/mol. The molecule has 0 heterocycles. The first-order chi connectivity index (χ1) is 9.88. The summed E-state index contributed by atoms with van der Waals surface area (Å²) in [5.41, 5.74) is 6.83. The molecule has 0 aliphatic carbocycles. The molecular weight excluding hydrogens is 275 g/mol. The monoisotopic (exact) mass is 290 g/mol. The van der Waals surface area contributed by atoms with Crippen molar-refractivity contribution in [2.45, 2.75) is 19.9 Å². The molecule has 5 nitrogen and oxygen atoms in total. The zero-order valence-corrected chi connectivity index (χ0v) is 11.7. The molecule has 0 amide bonds. The molecule has 0 bridgehead atoms. The van der Waals surface area contributed by atoms with Crippen molar-refractivity contribution in [3.05, 3.63) is 63.5 Å². The van der Waals surface area contributed by atoms with Gasteiger partial charge >= 0.3 is 5.69 Å². The molecule has 21 heavy (non-hydrogen) atoms. The fourth-order valence-corrected chi connectivity index (χ4v) is 1.94. The van der Waals surface area contributed by atoms with Gasteiger partial charge in [0.15, 0.2) is 0 Å². The quantitative estimate of drug-likeness (QED) is 0.685. The maximum absolute atomic E-state index is 13.3. The second-order valence-corrected chi connectivity index (χ2v) is 4.80. The van der Waals surface area contributed by atoms with Crippen molar-refractivity contribution in [1.82, 2.24) is 0 Å². The summed E-state index contributed by atoms with van der Waals surface area (Å²) in [6.07, 6.45) is 0. The molecule has 2 rings (SSSR count). The highest BCUT2D eigenvalue weighted by Crippen LogP contribution is 2.35. The molecule has 0 unspecified atom stereocenters. The Labute approximate surface area is 121 Å². The van der Waals surface area contributed by atoms with Crippen molar-refractivity contribution in [3.63, 3.8) is 0 Å². The summed E-state index contributed by atoms with van der Waals surface area (Å²) in [6.45, 7) is 3.44. The Morgan fingerprint density at radius 2 is 1.90 bits per heavy atom. The molecule has 6 heteroatoms. The van der Waals surface area contributed by atoms with Crippen LogP contribution in [-0.2, 0) is 0 Å². The lowest BCUT2D eigenvalue weighted by Gasteiger charge is -2.14. The van der Waals surface area contributed by atoms with E-state index in [2.05, 4.69) is 0 Å². The highest BCUT2D eigenvalue weighted by molar-refractivity contribution is 5.51. The third kappa shape index (κ3) is 3.35. The van der Waals surface area contributed by atoms with Crippen LogP contribution in [-0.4, -0.2) is 4.92 Å². The lowest BCUT2D eigenvalue weighted by Crippen LogP contribution is -2.07. The molecule has 1 atom stereocenters. The van der Waals surface area contributed by atoms with E-state index in [4.69, 9.17) is 10.5 Å². The van der Waals surface area contributed by atoms with Gasteiger partial charge in [0.2, 0.25) is 5.75 Å². The minimum Gasteiger partial charge on any atom is -0.450 e. The van der Waals surface area contributed by atoms with Gasteiger partial charge in [-0.1, -0.05) is 6.07 Å². The summed E-state index contributed by atoms with van der Waals surface area (Å²) < 4.78 is 18.9. The van der Waals surface area contributed by atoms with Crippen molar-refractivity contribution in [2.24, 2.45) is 5.73 Å². The molecule has 0 saturated heterocycles. The Kier molecular flexibility index (Phi) is 4.18. The SMILES string of the molecule is Cc1ccc(Oc2ccc(F)cc2[C@@H](C)N)c([N+](=O)[O-])c1. The zero-order valence-electron chi connectivity index (χ0n) is 11.7. The largest absolute Gasteiger partial charge is 0.450 e. The number of nitrogens with two attached hydrogens (primary N) is 1. The number of halogens is 1. The summed E-state index contributed by atoms with van der Waals surface area (Å²) >= 11 is 0. The summed E-state index contributed by atoms with van der Waals surface area (Å²) in [7, 11) is 0. The number of aryl methyl sites for hydroxylation is 1. The van der Waals surface area contributed by atoms with E-state index in [0.717, 1.165) is 5.56 Å². The van der Waals surface area contributed by atoms with Crippen LogP contribution in [0.4, 0.5) is 10.1 Å². The van der Waals surface area contributed by atoms with Gasteiger partial charge in [-0.2, -0.15) is 0 Å². The van der Waals surface area contributed by atoms with Gasteiger partial charge in [0.1, 0.15) is 11.6 Å². The van der Waals surface area contributed by atoms with Crippen molar-refractivity contribution >= 4 is 5.69 Å². The van der Waals surface area contributed by atoms with Gasteiger partial charge in [-0.05, 0) is 43.7 Å². The van der Waals surface area contributed by atoms with E-state index in [1.807, 2.05) is 0 Å². The van der Waals surface area contributed by atoms with Crippen LogP contribution in [0.2, 0.25) is 0 Å². The van der Waals surface area contributed by atoms with E-state index in [1.165, 1.54) is 30.3 Å². The van der Waals surface area contributed by atoms with Crippen LogP contribution in [0, 0.1) is 22.9 Å².